The van der Waals surface area contributed by atoms with Crippen molar-refractivity contribution in [3.63, 3.8) is 0 Å². The normalized spacial score (nSPS) is 40.6. The van der Waals surface area contributed by atoms with Crippen LogP contribution in [0.1, 0.15) is 44.1 Å². The molecule has 2 heteroatoms. The summed E-state index contributed by atoms with van der Waals surface area (Å²) in [6.45, 7) is 2.18. The number of nitrogens with zero attached hydrogens (tertiary/aromatic N) is 1. The number of halogens is 1. The van der Waals surface area contributed by atoms with Gasteiger partial charge in [0.25, 0.3) is 0 Å². The summed E-state index contributed by atoms with van der Waals surface area (Å²) < 4.78 is 2.56. The molecule has 4 aliphatic rings. The second-order valence-electron chi connectivity index (χ2n) is 6.92. The minimum atomic E-state index is 0. The zero-order valence-electron chi connectivity index (χ0n) is 11.1. The first kappa shape index (κ1) is 12.5. The van der Waals surface area contributed by atoms with Crippen LogP contribution in [-0.4, -0.2) is 0 Å². The van der Waals surface area contributed by atoms with Gasteiger partial charge in [-0.3, -0.25) is 0 Å². The van der Waals surface area contributed by atoms with E-state index in [0.29, 0.717) is 5.54 Å². The molecule has 4 bridgehead atoms. The highest BCUT2D eigenvalue weighted by atomic mass is 35.5. The van der Waals surface area contributed by atoms with Crippen LogP contribution in [0.2, 0.25) is 0 Å². The fourth-order valence-corrected chi connectivity index (χ4v) is 5.20. The van der Waals surface area contributed by atoms with E-state index in [0.717, 1.165) is 17.8 Å². The zero-order chi connectivity index (χ0) is 11.5. The van der Waals surface area contributed by atoms with Crippen molar-refractivity contribution in [3.8, 4) is 0 Å². The van der Waals surface area contributed by atoms with Crippen LogP contribution in [0.3, 0.4) is 0 Å². The number of aromatic nitrogens is 1. The van der Waals surface area contributed by atoms with Gasteiger partial charge in [0.05, 0.1) is 0 Å². The summed E-state index contributed by atoms with van der Waals surface area (Å²) >= 11 is 0. The second kappa shape index (κ2) is 4.23. The predicted molar refractivity (Wildman–Crippen MR) is 67.5 cm³/mol. The van der Waals surface area contributed by atoms with Gasteiger partial charge >= 0.3 is 0 Å². The number of hydrogen-bond donors (Lipinski definition) is 0. The van der Waals surface area contributed by atoms with Gasteiger partial charge in [0.2, 0.25) is 0 Å². The highest BCUT2D eigenvalue weighted by molar-refractivity contribution is 5.05. The van der Waals surface area contributed by atoms with E-state index in [1.54, 1.807) is 0 Å². The highest BCUT2D eigenvalue weighted by Gasteiger charge is 2.56. The molecule has 0 atom stereocenters. The minimum absolute atomic E-state index is 0. The first-order valence-electron chi connectivity index (χ1n) is 7.22. The first-order valence-corrected chi connectivity index (χ1v) is 7.22. The topological polar surface area (TPSA) is 3.88 Å². The van der Waals surface area contributed by atoms with E-state index in [-0.39, 0.29) is 12.4 Å². The average molecular weight is 264 g/mol. The molecule has 0 saturated heterocycles. The number of aryl methyl sites for hydroxylation is 1. The van der Waals surface area contributed by atoms with Crippen molar-refractivity contribution in [1.82, 2.24) is 0 Å². The quantitative estimate of drug-likeness (QED) is 0.638. The van der Waals surface area contributed by atoms with Gasteiger partial charge in [-0.15, -0.1) is 0 Å². The maximum atomic E-state index is 2.56. The Morgan fingerprint density at radius 1 is 0.944 bits per heavy atom. The Morgan fingerprint density at radius 3 is 1.83 bits per heavy atom. The van der Waals surface area contributed by atoms with E-state index < -0.39 is 0 Å². The zero-order valence-corrected chi connectivity index (χ0v) is 11.9. The van der Waals surface area contributed by atoms with E-state index in [2.05, 4.69) is 36.0 Å². The van der Waals surface area contributed by atoms with Crippen LogP contribution in [0.4, 0.5) is 0 Å². The molecule has 4 fully saturated rings. The van der Waals surface area contributed by atoms with E-state index in [1.807, 2.05) is 0 Å². The van der Waals surface area contributed by atoms with Crippen molar-refractivity contribution in [1.29, 1.82) is 0 Å². The van der Waals surface area contributed by atoms with Crippen LogP contribution < -0.4 is 17.0 Å². The molecule has 0 radical (unpaired) electrons. The Labute approximate surface area is 116 Å². The van der Waals surface area contributed by atoms with E-state index in [4.69, 9.17) is 0 Å². The third-order valence-electron chi connectivity index (χ3n) is 5.55. The fourth-order valence-electron chi connectivity index (χ4n) is 5.20. The Balaban J connectivity index is 0.000001000. The van der Waals surface area contributed by atoms with Crippen LogP contribution >= 0.6 is 0 Å². The highest BCUT2D eigenvalue weighted by Crippen LogP contribution is 2.56. The average Bonchev–Trinajstić information content (AvgIpc) is 2.27. The molecule has 4 saturated carbocycles. The molecule has 5 rings (SSSR count). The van der Waals surface area contributed by atoms with Crippen molar-refractivity contribution in [2.45, 2.75) is 51.0 Å². The Kier molecular flexibility index (Phi) is 2.93. The van der Waals surface area contributed by atoms with Crippen LogP contribution in [-0.2, 0) is 5.54 Å². The van der Waals surface area contributed by atoms with Crippen molar-refractivity contribution >= 4 is 0 Å². The molecule has 4 aliphatic carbocycles. The van der Waals surface area contributed by atoms with Crippen LogP contribution in [0, 0.1) is 24.7 Å². The van der Waals surface area contributed by atoms with Crippen LogP contribution in [0.25, 0.3) is 0 Å². The summed E-state index contributed by atoms with van der Waals surface area (Å²) in [6.07, 6.45) is 13.6. The van der Waals surface area contributed by atoms with Crippen molar-refractivity contribution in [2.24, 2.45) is 17.8 Å². The molecular formula is C16H22ClN. The van der Waals surface area contributed by atoms with Gasteiger partial charge in [0.1, 0.15) is 0 Å². The van der Waals surface area contributed by atoms with E-state index >= 15 is 0 Å². The monoisotopic (exact) mass is 263 g/mol. The van der Waals surface area contributed by atoms with E-state index in [9.17, 15) is 0 Å². The molecule has 0 unspecified atom stereocenters. The van der Waals surface area contributed by atoms with Crippen LogP contribution in [0.5, 0.6) is 0 Å². The summed E-state index contributed by atoms with van der Waals surface area (Å²) in [5.41, 5.74) is 1.88. The number of rotatable bonds is 1. The van der Waals surface area contributed by atoms with Crippen molar-refractivity contribution in [3.05, 3.63) is 30.1 Å². The van der Waals surface area contributed by atoms with Gasteiger partial charge < -0.3 is 12.4 Å². The molecule has 1 aromatic rings. The maximum absolute atomic E-state index is 2.56. The molecule has 0 N–H and O–H groups in total. The molecule has 98 valence electrons. The van der Waals surface area contributed by atoms with Gasteiger partial charge in [-0.2, -0.15) is 4.57 Å². The lowest BCUT2D eigenvalue weighted by Gasteiger charge is -2.53. The summed E-state index contributed by atoms with van der Waals surface area (Å²) in [5, 5.41) is 0. The first-order chi connectivity index (χ1) is 8.23. The molecule has 0 aromatic carbocycles. The third kappa shape index (κ3) is 1.79. The molecule has 1 heterocycles. The molecule has 1 nitrogen and oxygen atoms in total. The van der Waals surface area contributed by atoms with Gasteiger partial charge in [-0.05, 0) is 49.5 Å². The molecule has 1 aromatic heterocycles. The van der Waals surface area contributed by atoms with Gasteiger partial charge in [0, 0.05) is 31.4 Å². The van der Waals surface area contributed by atoms with Crippen LogP contribution in [0.15, 0.2) is 24.5 Å². The molecule has 0 aliphatic heterocycles. The largest absolute Gasteiger partial charge is 1.00 e. The lowest BCUT2D eigenvalue weighted by Crippen LogP contribution is -3.00. The van der Waals surface area contributed by atoms with Crippen molar-refractivity contribution < 1.29 is 17.0 Å². The molecule has 0 spiro atoms. The van der Waals surface area contributed by atoms with E-state index in [1.165, 1.54) is 44.1 Å². The number of hydrogen-bond acceptors (Lipinski definition) is 0. The third-order valence-corrected chi connectivity index (χ3v) is 5.55. The predicted octanol–water partition coefficient (Wildman–Crippen LogP) is 0.212. The molecule has 18 heavy (non-hydrogen) atoms. The van der Waals surface area contributed by atoms with Gasteiger partial charge in [-0.25, -0.2) is 0 Å². The molecule has 0 amide bonds. The van der Waals surface area contributed by atoms with Gasteiger partial charge in [-0.1, -0.05) is 0 Å². The Morgan fingerprint density at radius 2 is 1.39 bits per heavy atom. The lowest BCUT2D eigenvalue weighted by molar-refractivity contribution is -0.776. The number of pyridine rings is 1. The Bertz CT molecular complexity index is 402. The standard InChI is InChI=1S/C16H22N.ClH/c1-12-2-4-17(5-3-12)16-9-13-6-14(10-16)8-15(7-13)11-16;/h2-5,13-15H,6-11H2,1H3;1H/q+1;/p-1. The summed E-state index contributed by atoms with van der Waals surface area (Å²) in [4.78, 5) is 0. The van der Waals surface area contributed by atoms with Gasteiger partial charge in [0.15, 0.2) is 17.9 Å². The second-order valence-corrected chi connectivity index (χ2v) is 6.92. The molecular weight excluding hydrogens is 242 g/mol. The summed E-state index contributed by atoms with van der Waals surface area (Å²) in [7, 11) is 0. The summed E-state index contributed by atoms with van der Waals surface area (Å²) in [6, 6.07) is 4.55. The smallest absolute Gasteiger partial charge is 0.169 e. The fraction of sp³-hybridized carbons (Fsp3) is 0.688. The maximum Gasteiger partial charge on any atom is 0.169 e. The lowest BCUT2D eigenvalue weighted by atomic mass is 9.53. The summed E-state index contributed by atoms with van der Waals surface area (Å²) in [5.74, 6) is 3.11. The Hall–Kier alpha value is -0.560. The van der Waals surface area contributed by atoms with Crippen molar-refractivity contribution in [2.75, 3.05) is 0 Å². The minimum Gasteiger partial charge on any atom is -1.00 e. The SMILES string of the molecule is Cc1cc[n+](C23CC4CC(CC(C4)C2)C3)cc1.[Cl-].